The number of aromatic nitrogens is 1. The smallest absolute Gasteiger partial charge is 0.0481 e. The highest BCUT2D eigenvalue weighted by atomic mass is 15.2. The molecule has 3 rings (SSSR count). The van der Waals surface area contributed by atoms with E-state index in [4.69, 9.17) is 0 Å². The summed E-state index contributed by atoms with van der Waals surface area (Å²) >= 11 is 0. The van der Waals surface area contributed by atoms with E-state index in [2.05, 4.69) is 51.7 Å². The quantitative estimate of drug-likeness (QED) is 0.864. The molecule has 1 aromatic heterocycles. The van der Waals surface area contributed by atoms with E-state index < -0.39 is 0 Å². The highest BCUT2D eigenvalue weighted by Gasteiger charge is 2.14. The van der Waals surface area contributed by atoms with Gasteiger partial charge in [0.25, 0.3) is 0 Å². The zero-order valence-corrected chi connectivity index (χ0v) is 10.7. The number of benzene rings is 1. The van der Waals surface area contributed by atoms with E-state index in [1.165, 1.54) is 22.0 Å². The molecule has 0 radical (unpaired) electrons. The van der Waals surface area contributed by atoms with Crippen LogP contribution in [0.1, 0.15) is 12.0 Å². The first-order chi connectivity index (χ1) is 8.88. The van der Waals surface area contributed by atoms with Gasteiger partial charge in [-0.05, 0) is 25.1 Å². The molecule has 0 saturated carbocycles. The number of nitrogens with one attached hydrogen (secondary N) is 2. The van der Waals surface area contributed by atoms with Gasteiger partial charge in [0.15, 0.2) is 0 Å². The molecule has 0 fully saturated rings. The second kappa shape index (κ2) is 4.96. The number of fused-ring (bicyclic) bond motifs is 1. The number of rotatable bonds is 3. The van der Waals surface area contributed by atoms with Crippen LogP contribution >= 0.6 is 0 Å². The van der Waals surface area contributed by atoms with Gasteiger partial charge < -0.3 is 10.3 Å². The number of para-hydroxylation sites is 1. The molecule has 3 heteroatoms. The van der Waals surface area contributed by atoms with Crippen LogP contribution in [0.2, 0.25) is 0 Å². The Balaban J connectivity index is 1.87. The molecule has 1 aromatic carbocycles. The Labute approximate surface area is 107 Å². The van der Waals surface area contributed by atoms with Gasteiger partial charge in [0.1, 0.15) is 0 Å². The van der Waals surface area contributed by atoms with Crippen LogP contribution in [0.5, 0.6) is 0 Å². The van der Waals surface area contributed by atoms with Gasteiger partial charge in [-0.1, -0.05) is 24.3 Å². The summed E-state index contributed by atoms with van der Waals surface area (Å²) in [4.78, 5) is 5.77. The molecule has 0 aliphatic carbocycles. The van der Waals surface area contributed by atoms with Crippen molar-refractivity contribution in [2.24, 2.45) is 0 Å². The third-order valence-corrected chi connectivity index (χ3v) is 3.61. The van der Waals surface area contributed by atoms with Crippen LogP contribution in [-0.4, -0.2) is 36.7 Å². The van der Waals surface area contributed by atoms with Gasteiger partial charge in [0, 0.05) is 42.4 Å². The van der Waals surface area contributed by atoms with Crippen molar-refractivity contribution in [2.75, 3.05) is 26.8 Å². The Kier molecular flexibility index (Phi) is 3.17. The van der Waals surface area contributed by atoms with Crippen molar-refractivity contribution in [2.45, 2.75) is 6.42 Å². The highest BCUT2D eigenvalue weighted by molar-refractivity contribution is 5.92. The van der Waals surface area contributed by atoms with Crippen LogP contribution < -0.4 is 5.32 Å². The summed E-state index contributed by atoms with van der Waals surface area (Å²) in [6, 6.07) is 8.51. The first kappa shape index (κ1) is 11.5. The van der Waals surface area contributed by atoms with Crippen molar-refractivity contribution in [3.05, 3.63) is 42.1 Å². The molecule has 18 heavy (non-hydrogen) atoms. The lowest BCUT2D eigenvalue weighted by Crippen LogP contribution is -2.35. The Morgan fingerprint density at radius 1 is 1.33 bits per heavy atom. The molecule has 3 nitrogen and oxygen atoms in total. The number of aromatic amines is 1. The van der Waals surface area contributed by atoms with E-state index in [-0.39, 0.29) is 0 Å². The van der Waals surface area contributed by atoms with Crippen molar-refractivity contribution in [1.29, 1.82) is 0 Å². The molecule has 94 valence electrons. The van der Waals surface area contributed by atoms with Gasteiger partial charge in [-0.2, -0.15) is 0 Å². The normalized spacial score (nSPS) is 17.1. The van der Waals surface area contributed by atoms with Crippen LogP contribution in [0.15, 0.2) is 36.5 Å². The zero-order chi connectivity index (χ0) is 12.4. The van der Waals surface area contributed by atoms with Crippen LogP contribution in [-0.2, 0) is 0 Å². The van der Waals surface area contributed by atoms with Crippen LogP contribution in [0.3, 0.4) is 0 Å². The zero-order valence-electron chi connectivity index (χ0n) is 10.7. The van der Waals surface area contributed by atoms with Gasteiger partial charge in [-0.3, -0.25) is 4.90 Å². The number of hydrogen-bond donors (Lipinski definition) is 2. The van der Waals surface area contributed by atoms with E-state index in [9.17, 15) is 0 Å². The van der Waals surface area contributed by atoms with Crippen LogP contribution in [0, 0.1) is 0 Å². The maximum atomic E-state index is 3.36. The number of nitrogens with zero attached hydrogens (tertiary/aromatic N) is 1. The fraction of sp³-hybridized carbons (Fsp3) is 0.333. The van der Waals surface area contributed by atoms with E-state index in [1.807, 2.05) is 7.05 Å². The van der Waals surface area contributed by atoms with Crippen molar-refractivity contribution in [1.82, 2.24) is 15.2 Å². The maximum Gasteiger partial charge on any atom is 0.0481 e. The van der Waals surface area contributed by atoms with Gasteiger partial charge in [-0.25, -0.2) is 0 Å². The summed E-state index contributed by atoms with van der Waals surface area (Å²) in [5.74, 6) is 0. The van der Waals surface area contributed by atoms with Crippen LogP contribution in [0.4, 0.5) is 0 Å². The molecular formula is C15H19N3. The molecule has 2 N–H and O–H groups in total. The lowest BCUT2D eigenvalue weighted by molar-refractivity contribution is 0.287. The first-order valence-corrected chi connectivity index (χ1v) is 6.51. The molecule has 0 bridgehead atoms. The molecule has 0 atom stereocenters. The standard InChI is InChI=1S/C15H19N3/c1-16-11-18-8-6-12(7-9-18)14-10-17-15-5-3-2-4-13(14)15/h2-6,10,16-17H,7-9,11H2,1H3. The van der Waals surface area contributed by atoms with Gasteiger partial charge in [-0.15, -0.1) is 0 Å². The fourth-order valence-electron chi connectivity index (χ4n) is 2.66. The minimum Gasteiger partial charge on any atom is -0.361 e. The molecule has 1 aliphatic rings. The molecular weight excluding hydrogens is 222 g/mol. The summed E-state index contributed by atoms with van der Waals surface area (Å²) in [6.07, 6.45) is 5.63. The predicted molar refractivity (Wildman–Crippen MR) is 76.4 cm³/mol. The second-order valence-electron chi connectivity index (χ2n) is 4.82. The summed E-state index contributed by atoms with van der Waals surface area (Å²) in [6.45, 7) is 3.14. The largest absolute Gasteiger partial charge is 0.361 e. The first-order valence-electron chi connectivity index (χ1n) is 6.51. The lowest BCUT2D eigenvalue weighted by atomic mass is 9.99. The summed E-state index contributed by atoms with van der Waals surface area (Å²) in [5, 5.41) is 4.55. The SMILES string of the molecule is CNCN1CC=C(c2c[nH]c3ccccc23)CC1. The van der Waals surface area contributed by atoms with Crippen molar-refractivity contribution >= 4 is 16.5 Å². The molecule has 2 heterocycles. The van der Waals surface area contributed by atoms with E-state index >= 15 is 0 Å². The topological polar surface area (TPSA) is 31.1 Å². The average Bonchev–Trinajstić information content (AvgIpc) is 2.84. The predicted octanol–water partition coefficient (Wildman–Crippen LogP) is 2.43. The number of H-pyrrole nitrogens is 1. The third-order valence-electron chi connectivity index (χ3n) is 3.61. The maximum absolute atomic E-state index is 3.36. The molecule has 2 aromatic rings. The van der Waals surface area contributed by atoms with Crippen molar-refractivity contribution < 1.29 is 0 Å². The van der Waals surface area contributed by atoms with Gasteiger partial charge in [0.2, 0.25) is 0 Å². The Bertz CT molecular complexity index is 568. The van der Waals surface area contributed by atoms with E-state index in [0.717, 1.165) is 26.2 Å². The molecule has 0 unspecified atom stereocenters. The van der Waals surface area contributed by atoms with E-state index in [1.54, 1.807) is 0 Å². The molecule has 0 amide bonds. The van der Waals surface area contributed by atoms with Crippen molar-refractivity contribution in [3.8, 4) is 0 Å². The Morgan fingerprint density at radius 3 is 3.00 bits per heavy atom. The van der Waals surface area contributed by atoms with Gasteiger partial charge >= 0.3 is 0 Å². The van der Waals surface area contributed by atoms with Crippen molar-refractivity contribution in [3.63, 3.8) is 0 Å². The van der Waals surface area contributed by atoms with Crippen LogP contribution in [0.25, 0.3) is 16.5 Å². The molecule has 0 saturated heterocycles. The minimum absolute atomic E-state index is 0.970. The second-order valence-corrected chi connectivity index (χ2v) is 4.82. The summed E-state index contributed by atoms with van der Waals surface area (Å²) < 4.78 is 0. The van der Waals surface area contributed by atoms with Gasteiger partial charge in [0.05, 0.1) is 0 Å². The fourth-order valence-corrected chi connectivity index (χ4v) is 2.66. The number of hydrogen-bond acceptors (Lipinski definition) is 2. The lowest BCUT2D eigenvalue weighted by Gasteiger charge is -2.25. The summed E-state index contributed by atoms with van der Waals surface area (Å²) in [7, 11) is 2.00. The molecule has 1 aliphatic heterocycles. The van der Waals surface area contributed by atoms with E-state index in [0.29, 0.717) is 0 Å². The Morgan fingerprint density at radius 2 is 2.22 bits per heavy atom. The average molecular weight is 241 g/mol. The Hall–Kier alpha value is -1.58. The summed E-state index contributed by atoms with van der Waals surface area (Å²) in [5.41, 5.74) is 4.07. The monoisotopic (exact) mass is 241 g/mol. The minimum atomic E-state index is 0.970. The molecule has 0 spiro atoms. The third kappa shape index (κ3) is 2.07. The highest BCUT2D eigenvalue weighted by Crippen LogP contribution is 2.28.